The number of carbonyl (C=O) groups excluding carboxylic acids is 1. The smallest absolute Gasteiger partial charge is 0.247 e. The van der Waals surface area contributed by atoms with Crippen molar-refractivity contribution in [2.75, 3.05) is 5.32 Å². The van der Waals surface area contributed by atoms with Crippen molar-refractivity contribution in [1.82, 2.24) is 10.2 Å². The summed E-state index contributed by atoms with van der Waals surface area (Å²) < 4.78 is 5.63. The fourth-order valence-corrected chi connectivity index (χ4v) is 2.76. The molecule has 0 unspecified atom stereocenters. The largest absolute Gasteiger partial charge is 0.421 e. The molecule has 1 amide bonds. The predicted octanol–water partition coefficient (Wildman–Crippen LogP) is 4.46. The average Bonchev–Trinajstić information content (AvgIpc) is 3.16. The Kier molecular flexibility index (Phi) is 4.43. The number of fused-ring (bicyclic) bond motifs is 1. The third-order valence-corrected chi connectivity index (χ3v) is 4.09. The fraction of sp³-hybridized carbons (Fsp3) is 0.0952. The van der Waals surface area contributed by atoms with E-state index in [9.17, 15) is 4.79 Å². The van der Waals surface area contributed by atoms with Crippen molar-refractivity contribution < 1.29 is 9.21 Å². The molecule has 0 radical (unpaired) electrons. The van der Waals surface area contributed by atoms with Crippen LogP contribution in [-0.2, 0) is 11.2 Å². The van der Waals surface area contributed by atoms with Gasteiger partial charge < -0.3 is 9.73 Å². The van der Waals surface area contributed by atoms with Crippen LogP contribution in [0.4, 0.5) is 5.69 Å². The summed E-state index contributed by atoms with van der Waals surface area (Å²) in [5, 5.41) is 13.2. The SMILES string of the molecule is O=C(CCc1nnc(-c2ccccc2)o1)Nc1ccc2ccccc2c1. The zero-order valence-electron chi connectivity index (χ0n) is 14.1. The highest BCUT2D eigenvalue weighted by Gasteiger charge is 2.10. The monoisotopic (exact) mass is 343 g/mol. The Morgan fingerprint density at radius 3 is 2.50 bits per heavy atom. The van der Waals surface area contributed by atoms with Gasteiger partial charge in [0, 0.05) is 24.1 Å². The van der Waals surface area contributed by atoms with Crippen molar-refractivity contribution in [3.8, 4) is 11.5 Å². The molecule has 5 heteroatoms. The van der Waals surface area contributed by atoms with Gasteiger partial charge in [-0.1, -0.05) is 48.5 Å². The minimum atomic E-state index is -0.0836. The van der Waals surface area contributed by atoms with E-state index in [4.69, 9.17) is 4.42 Å². The lowest BCUT2D eigenvalue weighted by molar-refractivity contribution is -0.116. The summed E-state index contributed by atoms with van der Waals surface area (Å²) in [6.45, 7) is 0. The van der Waals surface area contributed by atoms with Crippen LogP contribution in [0, 0.1) is 0 Å². The third-order valence-electron chi connectivity index (χ3n) is 4.09. The summed E-state index contributed by atoms with van der Waals surface area (Å²) in [5.41, 5.74) is 1.65. The molecule has 4 rings (SSSR count). The average molecular weight is 343 g/mol. The van der Waals surface area contributed by atoms with Crippen molar-refractivity contribution in [3.63, 3.8) is 0 Å². The van der Waals surface area contributed by atoms with Gasteiger partial charge in [0.15, 0.2) is 0 Å². The van der Waals surface area contributed by atoms with Gasteiger partial charge in [-0.3, -0.25) is 4.79 Å². The van der Waals surface area contributed by atoms with Gasteiger partial charge >= 0.3 is 0 Å². The van der Waals surface area contributed by atoms with Gasteiger partial charge in [0.25, 0.3) is 0 Å². The number of benzene rings is 3. The maximum atomic E-state index is 12.2. The molecule has 0 aliphatic heterocycles. The van der Waals surface area contributed by atoms with E-state index in [1.54, 1.807) is 0 Å². The zero-order valence-corrected chi connectivity index (χ0v) is 14.1. The summed E-state index contributed by atoms with van der Waals surface area (Å²) >= 11 is 0. The van der Waals surface area contributed by atoms with E-state index < -0.39 is 0 Å². The number of nitrogens with zero attached hydrogens (tertiary/aromatic N) is 2. The number of hydrogen-bond donors (Lipinski definition) is 1. The third kappa shape index (κ3) is 3.62. The van der Waals surface area contributed by atoms with Gasteiger partial charge in [0.1, 0.15) is 0 Å². The molecular weight excluding hydrogens is 326 g/mol. The van der Waals surface area contributed by atoms with Crippen LogP contribution in [-0.4, -0.2) is 16.1 Å². The molecule has 0 aliphatic rings. The first-order valence-electron chi connectivity index (χ1n) is 8.44. The van der Waals surface area contributed by atoms with Crippen molar-refractivity contribution in [2.45, 2.75) is 12.8 Å². The van der Waals surface area contributed by atoms with Crippen LogP contribution < -0.4 is 5.32 Å². The van der Waals surface area contributed by atoms with Crippen LogP contribution in [0.25, 0.3) is 22.2 Å². The van der Waals surface area contributed by atoms with Crippen molar-refractivity contribution in [2.24, 2.45) is 0 Å². The lowest BCUT2D eigenvalue weighted by Crippen LogP contribution is -2.12. The minimum Gasteiger partial charge on any atom is -0.421 e. The number of carbonyl (C=O) groups is 1. The van der Waals surface area contributed by atoms with Gasteiger partial charge in [0.05, 0.1) is 0 Å². The Labute approximate surface area is 150 Å². The number of anilines is 1. The van der Waals surface area contributed by atoms with Crippen molar-refractivity contribution in [1.29, 1.82) is 0 Å². The van der Waals surface area contributed by atoms with Crippen LogP contribution in [0.3, 0.4) is 0 Å². The topological polar surface area (TPSA) is 68.0 Å². The van der Waals surface area contributed by atoms with Crippen LogP contribution in [0.5, 0.6) is 0 Å². The molecule has 1 aromatic heterocycles. The van der Waals surface area contributed by atoms with Crippen LogP contribution in [0.1, 0.15) is 12.3 Å². The van der Waals surface area contributed by atoms with E-state index >= 15 is 0 Å². The Morgan fingerprint density at radius 2 is 1.65 bits per heavy atom. The highest BCUT2D eigenvalue weighted by molar-refractivity contribution is 5.94. The van der Waals surface area contributed by atoms with Crippen LogP contribution in [0.2, 0.25) is 0 Å². The van der Waals surface area contributed by atoms with E-state index in [0.29, 0.717) is 18.2 Å². The first-order valence-corrected chi connectivity index (χ1v) is 8.44. The normalized spacial score (nSPS) is 10.8. The van der Waals surface area contributed by atoms with E-state index in [-0.39, 0.29) is 12.3 Å². The number of rotatable bonds is 5. The Hall–Kier alpha value is -3.47. The zero-order chi connectivity index (χ0) is 17.8. The van der Waals surface area contributed by atoms with Crippen molar-refractivity contribution >= 4 is 22.4 Å². The van der Waals surface area contributed by atoms with Crippen LogP contribution in [0.15, 0.2) is 77.2 Å². The summed E-state index contributed by atoms with van der Waals surface area (Å²) in [4.78, 5) is 12.2. The second-order valence-electron chi connectivity index (χ2n) is 5.98. The quantitative estimate of drug-likeness (QED) is 0.581. The van der Waals surface area contributed by atoms with Gasteiger partial charge in [-0.25, -0.2) is 0 Å². The molecule has 5 nitrogen and oxygen atoms in total. The lowest BCUT2D eigenvalue weighted by atomic mass is 10.1. The lowest BCUT2D eigenvalue weighted by Gasteiger charge is -2.06. The molecule has 0 spiro atoms. The molecule has 0 bridgehead atoms. The minimum absolute atomic E-state index is 0.0836. The number of nitrogens with one attached hydrogen (secondary N) is 1. The van der Waals surface area contributed by atoms with E-state index in [1.807, 2.05) is 72.8 Å². The van der Waals surface area contributed by atoms with E-state index in [0.717, 1.165) is 22.0 Å². The Morgan fingerprint density at radius 1 is 0.885 bits per heavy atom. The second kappa shape index (κ2) is 7.19. The summed E-state index contributed by atoms with van der Waals surface area (Å²) in [5.74, 6) is 0.841. The van der Waals surface area contributed by atoms with Gasteiger partial charge in [0.2, 0.25) is 17.7 Å². The molecule has 0 fully saturated rings. The molecule has 26 heavy (non-hydrogen) atoms. The standard InChI is InChI=1S/C21H17N3O2/c25-19(22-18-11-10-15-6-4-5-9-17(15)14-18)12-13-20-23-24-21(26-20)16-7-2-1-3-8-16/h1-11,14H,12-13H2,(H,22,25). The fourth-order valence-electron chi connectivity index (χ4n) is 2.76. The number of amides is 1. The number of aromatic nitrogens is 2. The maximum absolute atomic E-state index is 12.2. The molecule has 1 N–H and O–H groups in total. The van der Waals surface area contributed by atoms with E-state index in [1.165, 1.54) is 0 Å². The molecule has 1 heterocycles. The molecule has 0 saturated carbocycles. The van der Waals surface area contributed by atoms with Gasteiger partial charge in [-0.15, -0.1) is 10.2 Å². The highest BCUT2D eigenvalue weighted by atomic mass is 16.4. The van der Waals surface area contributed by atoms with Gasteiger partial charge in [-0.05, 0) is 35.0 Å². The van der Waals surface area contributed by atoms with Crippen LogP contribution >= 0.6 is 0 Å². The summed E-state index contributed by atoms with van der Waals surface area (Å²) in [6, 6.07) is 23.5. The summed E-state index contributed by atoms with van der Waals surface area (Å²) in [6.07, 6.45) is 0.683. The molecule has 4 aromatic rings. The molecule has 128 valence electrons. The van der Waals surface area contributed by atoms with E-state index in [2.05, 4.69) is 15.5 Å². The number of hydrogen-bond acceptors (Lipinski definition) is 4. The first-order chi connectivity index (χ1) is 12.8. The summed E-state index contributed by atoms with van der Waals surface area (Å²) in [7, 11) is 0. The molecule has 0 saturated heterocycles. The Bertz CT molecular complexity index is 1040. The van der Waals surface area contributed by atoms with Gasteiger partial charge in [-0.2, -0.15) is 0 Å². The Balaban J connectivity index is 1.37. The first kappa shape index (κ1) is 16.0. The second-order valence-corrected chi connectivity index (χ2v) is 5.98. The maximum Gasteiger partial charge on any atom is 0.247 e. The predicted molar refractivity (Wildman–Crippen MR) is 101 cm³/mol. The van der Waals surface area contributed by atoms with Crippen molar-refractivity contribution in [3.05, 3.63) is 78.7 Å². The molecule has 0 atom stereocenters. The number of aryl methyl sites for hydroxylation is 1. The molecule has 0 aliphatic carbocycles. The molecule has 3 aromatic carbocycles. The molecular formula is C21H17N3O2. The highest BCUT2D eigenvalue weighted by Crippen LogP contribution is 2.20.